The number of amides is 4. The molecule has 9 heteroatoms. The lowest BCUT2D eigenvalue weighted by atomic mass is 9.98. The first-order valence-corrected chi connectivity index (χ1v) is 12.4. The molecule has 1 aromatic rings. The zero-order chi connectivity index (χ0) is 25.4. The molecular formula is C26H37N5O4. The number of carbonyl (C=O) groups excluding carboxylic acids is 4. The van der Waals surface area contributed by atoms with Gasteiger partial charge in [0.05, 0.1) is 6.04 Å². The Kier molecular flexibility index (Phi) is 9.42. The second kappa shape index (κ2) is 12.5. The van der Waals surface area contributed by atoms with Crippen LogP contribution in [0.2, 0.25) is 0 Å². The topological polar surface area (TPSA) is 120 Å². The first-order valence-electron chi connectivity index (χ1n) is 12.4. The molecule has 2 saturated heterocycles. The number of fused-ring (bicyclic) bond motifs is 1. The van der Waals surface area contributed by atoms with E-state index in [2.05, 4.69) is 27.8 Å². The van der Waals surface area contributed by atoms with E-state index in [1.165, 1.54) is 6.08 Å². The van der Waals surface area contributed by atoms with E-state index in [1.54, 1.807) is 18.9 Å². The summed E-state index contributed by atoms with van der Waals surface area (Å²) in [6.45, 7) is 5.89. The number of nitrogens with zero attached hydrogens (tertiary/aromatic N) is 1. The molecule has 0 aromatic heterocycles. The third kappa shape index (κ3) is 6.91. The Morgan fingerprint density at radius 1 is 1.09 bits per heavy atom. The van der Waals surface area contributed by atoms with Crippen LogP contribution in [0.25, 0.3) is 0 Å². The van der Waals surface area contributed by atoms with Crippen molar-refractivity contribution in [3.63, 3.8) is 0 Å². The molecule has 1 unspecified atom stereocenters. The Labute approximate surface area is 207 Å². The van der Waals surface area contributed by atoms with Crippen molar-refractivity contribution < 1.29 is 19.2 Å². The third-order valence-corrected chi connectivity index (χ3v) is 6.89. The summed E-state index contributed by atoms with van der Waals surface area (Å²) in [6.07, 6.45) is 5.91. The van der Waals surface area contributed by atoms with E-state index in [0.29, 0.717) is 25.9 Å². The highest BCUT2D eigenvalue weighted by molar-refractivity contribution is 5.93. The summed E-state index contributed by atoms with van der Waals surface area (Å²) in [5.41, 5.74) is 1.82. The van der Waals surface area contributed by atoms with E-state index in [-0.39, 0.29) is 29.7 Å². The molecule has 2 aliphatic heterocycles. The maximum atomic E-state index is 13.5. The maximum Gasteiger partial charge on any atom is 0.246 e. The average Bonchev–Trinajstić information content (AvgIpc) is 3.29. The van der Waals surface area contributed by atoms with Gasteiger partial charge >= 0.3 is 0 Å². The number of likely N-dealkylation sites (N-methyl/N-ethyl adjacent to an activating group) is 1. The molecule has 0 bridgehead atoms. The molecule has 0 aliphatic carbocycles. The van der Waals surface area contributed by atoms with E-state index in [0.717, 1.165) is 36.8 Å². The fourth-order valence-corrected chi connectivity index (χ4v) is 4.77. The average molecular weight is 484 g/mol. The molecule has 35 heavy (non-hydrogen) atoms. The smallest absolute Gasteiger partial charge is 0.246 e. The second-order valence-corrected chi connectivity index (χ2v) is 9.31. The molecule has 4 amide bonds. The van der Waals surface area contributed by atoms with Gasteiger partial charge in [0.1, 0.15) is 12.1 Å². The minimum absolute atomic E-state index is 0.0245. The summed E-state index contributed by atoms with van der Waals surface area (Å²) in [5, 5.41) is 11.5. The van der Waals surface area contributed by atoms with E-state index in [1.807, 2.05) is 24.3 Å². The lowest BCUT2D eigenvalue weighted by Crippen LogP contribution is -2.57. The van der Waals surface area contributed by atoms with Gasteiger partial charge in [-0.2, -0.15) is 0 Å². The molecule has 190 valence electrons. The number of carbonyl (C=O) groups is 4. The summed E-state index contributed by atoms with van der Waals surface area (Å²) in [5.74, 6) is -0.802. The standard InChI is InChI=1S/C26H37N5O4/c1-4-23(32)28-15-18-8-7-9-19(14-18)16-29-25(34)22-13-12-20-10-5-6-11-21(26(35)31(20)22)30-24(33)17(2)27-3/h4,7-9,14,17,20-22,27H,1,5-6,10-13,15-16H2,2-3H3,(H,28,32)(H,29,34)(H,30,33)/t17?,20-,21-,22-/m0/s1. The Morgan fingerprint density at radius 2 is 1.77 bits per heavy atom. The molecule has 4 atom stereocenters. The van der Waals surface area contributed by atoms with Crippen LogP contribution in [-0.2, 0) is 32.3 Å². The van der Waals surface area contributed by atoms with Crippen molar-refractivity contribution in [2.24, 2.45) is 0 Å². The van der Waals surface area contributed by atoms with E-state index < -0.39 is 18.1 Å². The second-order valence-electron chi connectivity index (χ2n) is 9.31. The molecule has 2 fully saturated rings. The highest BCUT2D eigenvalue weighted by atomic mass is 16.2. The summed E-state index contributed by atoms with van der Waals surface area (Å²) < 4.78 is 0. The van der Waals surface area contributed by atoms with Crippen LogP contribution in [0.1, 0.15) is 56.6 Å². The minimum Gasteiger partial charge on any atom is -0.350 e. The number of hydrogen-bond acceptors (Lipinski definition) is 5. The highest BCUT2D eigenvalue weighted by Gasteiger charge is 2.43. The van der Waals surface area contributed by atoms with Gasteiger partial charge in [-0.25, -0.2) is 0 Å². The summed E-state index contributed by atoms with van der Waals surface area (Å²) in [7, 11) is 1.70. The molecular weight excluding hydrogens is 446 g/mol. The number of benzene rings is 1. The molecule has 9 nitrogen and oxygen atoms in total. The van der Waals surface area contributed by atoms with E-state index in [9.17, 15) is 19.2 Å². The van der Waals surface area contributed by atoms with Crippen LogP contribution >= 0.6 is 0 Å². The van der Waals surface area contributed by atoms with Gasteiger partial charge < -0.3 is 26.2 Å². The van der Waals surface area contributed by atoms with Gasteiger partial charge in [0.25, 0.3) is 0 Å². The van der Waals surface area contributed by atoms with Crippen LogP contribution in [0.5, 0.6) is 0 Å². The third-order valence-electron chi connectivity index (χ3n) is 6.89. The van der Waals surface area contributed by atoms with Crippen molar-refractivity contribution in [2.45, 2.75) is 82.7 Å². The molecule has 0 radical (unpaired) electrons. The van der Waals surface area contributed by atoms with Crippen LogP contribution < -0.4 is 21.3 Å². The van der Waals surface area contributed by atoms with Crippen molar-refractivity contribution in [3.8, 4) is 0 Å². The molecule has 0 spiro atoms. The minimum atomic E-state index is -0.614. The fourth-order valence-electron chi connectivity index (χ4n) is 4.77. The predicted octanol–water partition coefficient (Wildman–Crippen LogP) is 1.13. The van der Waals surface area contributed by atoms with Crippen LogP contribution in [-0.4, -0.2) is 59.7 Å². The van der Waals surface area contributed by atoms with Gasteiger partial charge in [-0.05, 0) is 56.9 Å². The Morgan fingerprint density at radius 3 is 2.46 bits per heavy atom. The maximum absolute atomic E-state index is 13.5. The summed E-state index contributed by atoms with van der Waals surface area (Å²) in [6, 6.07) is 6.09. The predicted molar refractivity (Wildman–Crippen MR) is 133 cm³/mol. The zero-order valence-corrected chi connectivity index (χ0v) is 20.6. The first-order chi connectivity index (χ1) is 16.8. The van der Waals surface area contributed by atoms with Crippen molar-refractivity contribution >= 4 is 23.6 Å². The van der Waals surface area contributed by atoms with E-state index in [4.69, 9.17) is 0 Å². The van der Waals surface area contributed by atoms with Gasteiger partial charge in [0.2, 0.25) is 23.6 Å². The summed E-state index contributed by atoms with van der Waals surface area (Å²) >= 11 is 0. The quantitative estimate of drug-likeness (QED) is 0.393. The molecule has 1 aromatic carbocycles. The highest BCUT2D eigenvalue weighted by Crippen LogP contribution is 2.31. The SMILES string of the molecule is C=CC(=O)NCc1cccc(CNC(=O)[C@@H]2CC[C@@H]3CCCC[C@H](NC(=O)C(C)NC)C(=O)N32)c1. The van der Waals surface area contributed by atoms with Gasteiger partial charge in [0, 0.05) is 19.1 Å². The monoisotopic (exact) mass is 483 g/mol. The molecule has 2 aliphatic rings. The molecule has 3 rings (SSSR count). The lowest BCUT2D eigenvalue weighted by molar-refractivity contribution is -0.144. The molecule has 4 N–H and O–H groups in total. The fraction of sp³-hybridized carbons (Fsp3) is 0.538. The summed E-state index contributed by atoms with van der Waals surface area (Å²) in [4.78, 5) is 52.2. The Bertz CT molecular complexity index is 949. The normalized spacial score (nSPS) is 22.9. The number of hydrogen-bond donors (Lipinski definition) is 4. The van der Waals surface area contributed by atoms with Crippen LogP contribution in [0.3, 0.4) is 0 Å². The van der Waals surface area contributed by atoms with Crippen molar-refractivity contribution in [2.75, 3.05) is 7.05 Å². The van der Waals surface area contributed by atoms with Crippen LogP contribution in [0.15, 0.2) is 36.9 Å². The molecule has 2 heterocycles. The lowest BCUT2D eigenvalue weighted by Gasteiger charge is -2.35. The van der Waals surface area contributed by atoms with Gasteiger partial charge in [-0.1, -0.05) is 43.7 Å². The molecule has 0 saturated carbocycles. The number of rotatable bonds is 9. The van der Waals surface area contributed by atoms with Gasteiger partial charge in [0.15, 0.2) is 0 Å². The zero-order valence-electron chi connectivity index (χ0n) is 20.6. The van der Waals surface area contributed by atoms with Crippen molar-refractivity contribution in [1.82, 2.24) is 26.2 Å². The number of nitrogens with one attached hydrogen (secondary N) is 4. The Hall–Kier alpha value is -3.20. The van der Waals surface area contributed by atoms with Gasteiger partial charge in [-0.3, -0.25) is 19.2 Å². The van der Waals surface area contributed by atoms with Crippen molar-refractivity contribution in [3.05, 3.63) is 48.0 Å². The van der Waals surface area contributed by atoms with Crippen LogP contribution in [0.4, 0.5) is 0 Å². The first kappa shape index (κ1) is 26.4. The van der Waals surface area contributed by atoms with Crippen molar-refractivity contribution in [1.29, 1.82) is 0 Å². The largest absolute Gasteiger partial charge is 0.350 e. The Balaban J connectivity index is 1.64. The van der Waals surface area contributed by atoms with E-state index >= 15 is 0 Å². The van der Waals surface area contributed by atoms with Gasteiger partial charge in [-0.15, -0.1) is 0 Å². The van der Waals surface area contributed by atoms with Crippen LogP contribution in [0, 0.1) is 0 Å².